The van der Waals surface area contributed by atoms with Crippen molar-refractivity contribution in [3.8, 4) is 11.4 Å². The normalized spacial score (nSPS) is 11.6. The largest absolute Gasteiger partial charge is 0.492 e. The molecule has 19 heavy (non-hydrogen) atoms. The van der Waals surface area contributed by atoms with Crippen LogP contribution in [0.2, 0.25) is 0 Å². The van der Waals surface area contributed by atoms with E-state index in [0.29, 0.717) is 12.4 Å². The highest BCUT2D eigenvalue weighted by atomic mass is 35.5. The molecule has 2 N–H and O–H groups in total. The van der Waals surface area contributed by atoms with E-state index in [4.69, 9.17) is 22.1 Å². The Morgan fingerprint density at radius 1 is 1.37 bits per heavy atom. The topological polar surface area (TPSA) is 52.5 Å². The number of alkyl halides is 1. The van der Waals surface area contributed by atoms with Crippen molar-refractivity contribution in [3.63, 3.8) is 0 Å². The molecule has 1 heterocycles. The predicted molar refractivity (Wildman–Crippen MR) is 78.9 cm³/mol. The zero-order valence-electron chi connectivity index (χ0n) is 10.7. The Morgan fingerprint density at radius 2 is 2.11 bits per heavy atom. The fraction of sp³-hybridized carbons (Fsp3) is 0.214. The molecular formula is C14H16ClN3O. The van der Waals surface area contributed by atoms with Crippen LogP contribution in [0.15, 0.2) is 47.7 Å². The van der Waals surface area contributed by atoms with E-state index in [2.05, 4.69) is 4.99 Å². The third-order valence-electron chi connectivity index (χ3n) is 2.53. The molecule has 0 atom stereocenters. The summed E-state index contributed by atoms with van der Waals surface area (Å²) in [5.74, 6) is 1.41. The van der Waals surface area contributed by atoms with Gasteiger partial charge in [-0.3, -0.25) is 0 Å². The Balaban J connectivity index is 2.44. The lowest BCUT2D eigenvalue weighted by atomic mass is 10.2. The first-order chi connectivity index (χ1) is 9.24. The van der Waals surface area contributed by atoms with Crippen LogP contribution in [0.5, 0.6) is 5.75 Å². The van der Waals surface area contributed by atoms with E-state index in [1.807, 2.05) is 54.2 Å². The second-order valence-corrected chi connectivity index (χ2v) is 4.18. The molecule has 2 rings (SSSR count). The molecule has 100 valence electrons. The minimum Gasteiger partial charge on any atom is -0.492 e. The number of aromatic nitrogens is 1. The van der Waals surface area contributed by atoms with E-state index < -0.39 is 0 Å². The first-order valence-electron chi connectivity index (χ1n) is 6.03. The molecule has 0 aliphatic heterocycles. The lowest BCUT2D eigenvalue weighted by molar-refractivity contribution is 0.339. The molecule has 2 aromatic rings. The Hall–Kier alpha value is -1.94. The molecular weight excluding hydrogens is 262 g/mol. The van der Waals surface area contributed by atoms with E-state index in [1.54, 1.807) is 0 Å². The maximum atomic E-state index is 5.65. The zero-order chi connectivity index (χ0) is 13.7. The van der Waals surface area contributed by atoms with Gasteiger partial charge in [-0.2, -0.15) is 0 Å². The predicted octanol–water partition coefficient (Wildman–Crippen LogP) is 3.10. The molecule has 0 bridgehead atoms. The quantitative estimate of drug-likeness (QED) is 0.519. The monoisotopic (exact) mass is 277 g/mol. The molecule has 0 fully saturated rings. The molecule has 0 unspecified atom stereocenters. The average molecular weight is 278 g/mol. The Bertz CT molecular complexity index is 564. The van der Waals surface area contributed by atoms with Crippen LogP contribution in [0.25, 0.3) is 5.69 Å². The van der Waals surface area contributed by atoms with Gasteiger partial charge in [0.25, 0.3) is 0 Å². The smallest absolute Gasteiger partial charge is 0.143 e. The third kappa shape index (κ3) is 3.29. The molecule has 0 saturated heterocycles. The Labute approximate surface area is 117 Å². The van der Waals surface area contributed by atoms with Crippen LogP contribution in [0.3, 0.4) is 0 Å². The second kappa shape index (κ2) is 6.29. The summed E-state index contributed by atoms with van der Waals surface area (Å²) in [6.45, 7) is 2.57. The number of halogens is 1. The summed E-state index contributed by atoms with van der Waals surface area (Å²) in [7, 11) is 0. The van der Waals surface area contributed by atoms with Gasteiger partial charge in [0.1, 0.15) is 11.6 Å². The van der Waals surface area contributed by atoms with Gasteiger partial charge in [0.15, 0.2) is 0 Å². The third-order valence-corrected chi connectivity index (χ3v) is 2.81. The molecule has 0 amide bonds. The number of hydrogen-bond donors (Lipinski definition) is 1. The van der Waals surface area contributed by atoms with Crippen LogP contribution < -0.4 is 10.5 Å². The summed E-state index contributed by atoms with van der Waals surface area (Å²) >= 11 is 5.64. The van der Waals surface area contributed by atoms with Gasteiger partial charge in [-0.1, -0.05) is 0 Å². The lowest BCUT2D eigenvalue weighted by Crippen LogP contribution is -2.12. The number of rotatable bonds is 5. The summed E-state index contributed by atoms with van der Waals surface area (Å²) in [6.07, 6.45) is 3.91. The minimum absolute atomic E-state index is 0.214. The van der Waals surface area contributed by atoms with Gasteiger partial charge in [0, 0.05) is 12.4 Å². The summed E-state index contributed by atoms with van der Waals surface area (Å²) in [5, 5.41) is 0. The van der Waals surface area contributed by atoms with Crippen LogP contribution in [-0.2, 0) is 0 Å². The summed E-state index contributed by atoms with van der Waals surface area (Å²) < 4.78 is 7.59. The highest BCUT2D eigenvalue weighted by Crippen LogP contribution is 2.28. The molecule has 5 heteroatoms. The first kappa shape index (κ1) is 13.5. The number of ether oxygens (including phenoxy) is 1. The van der Waals surface area contributed by atoms with Crippen molar-refractivity contribution in [2.45, 2.75) is 6.92 Å². The molecule has 1 aromatic heterocycles. The summed E-state index contributed by atoms with van der Waals surface area (Å²) in [4.78, 5) is 4.24. The molecule has 0 saturated carbocycles. The van der Waals surface area contributed by atoms with Crippen LogP contribution in [0.1, 0.15) is 6.92 Å². The standard InChI is InChI=1S/C14H16ClN3O/c1-2-19-13-6-5-11(17-14(16)10-15)9-12(13)18-7-3-4-8-18/h3-9H,2,10H2,1H3,(H2,16,17). The number of aliphatic imine (C=N–C) groups is 1. The number of nitrogens with two attached hydrogens (primary N) is 1. The van der Waals surface area contributed by atoms with E-state index in [1.165, 1.54) is 0 Å². The number of nitrogens with zero attached hydrogens (tertiary/aromatic N) is 2. The van der Waals surface area contributed by atoms with Crippen LogP contribution in [-0.4, -0.2) is 22.9 Å². The number of hydrogen-bond acceptors (Lipinski definition) is 2. The maximum absolute atomic E-state index is 5.65. The first-order valence-corrected chi connectivity index (χ1v) is 6.57. The van der Waals surface area contributed by atoms with Gasteiger partial charge in [0.05, 0.1) is 23.9 Å². The van der Waals surface area contributed by atoms with E-state index in [0.717, 1.165) is 17.1 Å². The molecule has 4 nitrogen and oxygen atoms in total. The van der Waals surface area contributed by atoms with Crippen molar-refractivity contribution in [2.75, 3.05) is 12.5 Å². The summed E-state index contributed by atoms with van der Waals surface area (Å²) in [5.41, 5.74) is 7.33. The number of benzene rings is 1. The van der Waals surface area contributed by atoms with E-state index in [-0.39, 0.29) is 5.88 Å². The fourth-order valence-corrected chi connectivity index (χ4v) is 1.81. The number of amidine groups is 1. The molecule has 0 aliphatic rings. The fourth-order valence-electron chi connectivity index (χ4n) is 1.75. The highest BCUT2D eigenvalue weighted by Gasteiger charge is 2.06. The zero-order valence-corrected chi connectivity index (χ0v) is 11.5. The molecule has 0 aliphatic carbocycles. The minimum atomic E-state index is 0.214. The van der Waals surface area contributed by atoms with Crippen molar-refractivity contribution in [3.05, 3.63) is 42.7 Å². The SMILES string of the molecule is CCOc1ccc(N=C(N)CCl)cc1-n1cccc1. The van der Waals surface area contributed by atoms with Crippen molar-refractivity contribution >= 4 is 23.1 Å². The average Bonchev–Trinajstić information content (AvgIpc) is 2.94. The van der Waals surface area contributed by atoms with Gasteiger partial charge in [-0.05, 0) is 37.3 Å². The lowest BCUT2D eigenvalue weighted by Gasteiger charge is -2.12. The van der Waals surface area contributed by atoms with E-state index in [9.17, 15) is 0 Å². The van der Waals surface area contributed by atoms with Crippen molar-refractivity contribution < 1.29 is 4.74 Å². The Morgan fingerprint density at radius 3 is 2.74 bits per heavy atom. The molecule has 0 spiro atoms. The summed E-state index contributed by atoms with van der Waals surface area (Å²) in [6, 6.07) is 9.58. The second-order valence-electron chi connectivity index (χ2n) is 3.91. The molecule has 1 aromatic carbocycles. The van der Waals surface area contributed by atoms with Crippen LogP contribution in [0, 0.1) is 0 Å². The van der Waals surface area contributed by atoms with Crippen LogP contribution >= 0.6 is 11.6 Å². The van der Waals surface area contributed by atoms with Crippen molar-refractivity contribution in [1.29, 1.82) is 0 Å². The van der Waals surface area contributed by atoms with Gasteiger partial charge < -0.3 is 15.0 Å². The van der Waals surface area contributed by atoms with Gasteiger partial charge in [0.2, 0.25) is 0 Å². The maximum Gasteiger partial charge on any atom is 0.143 e. The van der Waals surface area contributed by atoms with Gasteiger partial charge in [-0.15, -0.1) is 11.6 Å². The highest BCUT2D eigenvalue weighted by molar-refractivity contribution is 6.28. The molecule has 0 radical (unpaired) electrons. The van der Waals surface area contributed by atoms with Crippen molar-refractivity contribution in [1.82, 2.24) is 4.57 Å². The van der Waals surface area contributed by atoms with Gasteiger partial charge >= 0.3 is 0 Å². The van der Waals surface area contributed by atoms with E-state index >= 15 is 0 Å². The van der Waals surface area contributed by atoms with Crippen molar-refractivity contribution in [2.24, 2.45) is 10.7 Å². The van der Waals surface area contributed by atoms with Crippen LogP contribution in [0.4, 0.5) is 5.69 Å². The van der Waals surface area contributed by atoms with Gasteiger partial charge in [-0.25, -0.2) is 4.99 Å². The Kier molecular flexibility index (Phi) is 4.47.